The number of carbonyl (C=O) groups is 1. The molecule has 0 aliphatic heterocycles. The van der Waals surface area contributed by atoms with Gasteiger partial charge in [-0.1, -0.05) is 55.9 Å². The summed E-state index contributed by atoms with van der Waals surface area (Å²) >= 11 is 12.0. The van der Waals surface area contributed by atoms with Crippen LogP contribution in [-0.2, 0) is 4.79 Å². The van der Waals surface area contributed by atoms with Gasteiger partial charge in [-0.05, 0) is 61.6 Å². The highest BCUT2D eigenvalue weighted by Gasteiger charge is 2.15. The van der Waals surface area contributed by atoms with Crippen molar-refractivity contribution >= 4 is 40.5 Å². The number of thiocarbonyl (C=S) groups is 1. The topological polar surface area (TPSA) is 47.6 Å². The molecule has 1 saturated carbocycles. The lowest BCUT2D eigenvalue weighted by Gasteiger charge is -2.21. The number of nitrogens with one attached hydrogen (secondary N) is 1. The van der Waals surface area contributed by atoms with Crippen LogP contribution < -0.4 is 14.8 Å². The normalized spacial score (nSPS) is 14.2. The Bertz CT molecular complexity index is 931. The second-order valence-electron chi connectivity index (χ2n) is 8.26. The van der Waals surface area contributed by atoms with Gasteiger partial charge in [0.2, 0.25) is 0 Å². The molecule has 0 unspecified atom stereocenters. The molecule has 2 aromatic carbocycles. The maximum absolute atomic E-state index is 11.2. The maximum Gasteiger partial charge on any atom is 0.308 e. The van der Waals surface area contributed by atoms with E-state index in [1.807, 2.05) is 26.0 Å². The standard InChI is InChI=1S/C25H30ClNO3S/c1-16-13-21(29-12-11-19-7-5-4-6-8-19)14-17(2)24(16)25(31)27-23-15-20(30-18(3)28)9-10-22(23)26/h9-10,13-15,19H,4-8,11-12H2,1-3H3,(H,27,31). The van der Waals surface area contributed by atoms with Crippen molar-refractivity contribution in [3.05, 3.63) is 52.0 Å². The molecule has 3 rings (SSSR count). The number of rotatable bonds is 7. The first kappa shape index (κ1) is 23.6. The van der Waals surface area contributed by atoms with Crippen LogP contribution in [-0.4, -0.2) is 17.6 Å². The number of hydrogen-bond donors (Lipinski definition) is 1. The molecule has 0 saturated heterocycles. The van der Waals surface area contributed by atoms with Gasteiger partial charge in [0.15, 0.2) is 0 Å². The molecule has 0 bridgehead atoms. The van der Waals surface area contributed by atoms with Crippen molar-refractivity contribution in [3.8, 4) is 11.5 Å². The van der Waals surface area contributed by atoms with Crippen molar-refractivity contribution in [1.29, 1.82) is 0 Å². The third-order valence-electron chi connectivity index (χ3n) is 5.70. The molecule has 166 valence electrons. The molecule has 1 aliphatic carbocycles. The Hall–Kier alpha value is -2.11. The number of esters is 1. The van der Waals surface area contributed by atoms with Crippen molar-refractivity contribution in [2.75, 3.05) is 11.9 Å². The molecule has 1 aliphatic rings. The first-order valence-electron chi connectivity index (χ1n) is 10.9. The van der Waals surface area contributed by atoms with E-state index in [0.717, 1.165) is 41.4 Å². The zero-order chi connectivity index (χ0) is 22.4. The summed E-state index contributed by atoms with van der Waals surface area (Å²) in [5.41, 5.74) is 3.62. The van der Waals surface area contributed by atoms with Gasteiger partial charge >= 0.3 is 5.97 Å². The third kappa shape index (κ3) is 6.68. The summed E-state index contributed by atoms with van der Waals surface area (Å²) < 4.78 is 11.2. The summed E-state index contributed by atoms with van der Waals surface area (Å²) in [5.74, 6) is 1.71. The van der Waals surface area contributed by atoms with Gasteiger partial charge in [-0.3, -0.25) is 4.79 Å². The number of hydrogen-bond acceptors (Lipinski definition) is 4. The van der Waals surface area contributed by atoms with Crippen LogP contribution in [0.25, 0.3) is 0 Å². The first-order valence-corrected chi connectivity index (χ1v) is 11.7. The van der Waals surface area contributed by atoms with E-state index in [-0.39, 0.29) is 5.97 Å². The number of aryl methyl sites for hydroxylation is 2. The predicted molar refractivity (Wildman–Crippen MR) is 131 cm³/mol. The molecular weight excluding hydrogens is 430 g/mol. The lowest BCUT2D eigenvalue weighted by Crippen LogP contribution is -2.15. The summed E-state index contributed by atoms with van der Waals surface area (Å²) in [6.45, 7) is 6.17. The zero-order valence-corrected chi connectivity index (χ0v) is 20.0. The molecule has 2 aromatic rings. The molecule has 0 heterocycles. The SMILES string of the molecule is CC(=O)Oc1ccc(Cl)c(NC(=S)c2c(C)cc(OCCC3CCCCC3)cc2C)c1. The Balaban J connectivity index is 1.66. The molecule has 0 aromatic heterocycles. The lowest BCUT2D eigenvalue weighted by molar-refractivity contribution is -0.131. The summed E-state index contributed by atoms with van der Waals surface area (Å²) in [7, 11) is 0. The van der Waals surface area contributed by atoms with Gasteiger partial charge in [0.1, 0.15) is 16.5 Å². The van der Waals surface area contributed by atoms with Crippen LogP contribution in [0.3, 0.4) is 0 Å². The van der Waals surface area contributed by atoms with Gasteiger partial charge in [0, 0.05) is 18.6 Å². The predicted octanol–water partition coefficient (Wildman–Crippen LogP) is 7.02. The van der Waals surface area contributed by atoms with E-state index < -0.39 is 0 Å². The molecule has 0 atom stereocenters. The fraction of sp³-hybridized carbons (Fsp3) is 0.440. The number of anilines is 1. The van der Waals surface area contributed by atoms with Gasteiger partial charge in [-0.25, -0.2) is 0 Å². The zero-order valence-electron chi connectivity index (χ0n) is 18.4. The van der Waals surface area contributed by atoms with Crippen molar-refractivity contribution in [2.24, 2.45) is 5.92 Å². The van der Waals surface area contributed by atoms with Crippen LogP contribution in [0.4, 0.5) is 5.69 Å². The lowest BCUT2D eigenvalue weighted by atomic mass is 9.87. The van der Waals surface area contributed by atoms with Gasteiger partial charge < -0.3 is 14.8 Å². The molecule has 1 N–H and O–H groups in total. The van der Waals surface area contributed by atoms with Gasteiger partial charge in [0.25, 0.3) is 0 Å². The second-order valence-corrected chi connectivity index (χ2v) is 9.08. The van der Waals surface area contributed by atoms with E-state index in [9.17, 15) is 4.79 Å². The quantitative estimate of drug-likeness (QED) is 0.274. The van der Waals surface area contributed by atoms with Crippen LogP contribution in [0.5, 0.6) is 11.5 Å². The minimum absolute atomic E-state index is 0.387. The highest BCUT2D eigenvalue weighted by atomic mass is 35.5. The molecule has 0 spiro atoms. The average molecular weight is 460 g/mol. The molecular formula is C25H30ClNO3S. The number of benzene rings is 2. The summed E-state index contributed by atoms with van der Waals surface area (Å²) in [6, 6.07) is 9.06. The summed E-state index contributed by atoms with van der Waals surface area (Å²) in [6.07, 6.45) is 7.88. The maximum atomic E-state index is 11.2. The minimum Gasteiger partial charge on any atom is -0.494 e. The van der Waals surface area contributed by atoms with Crippen LogP contribution in [0, 0.1) is 19.8 Å². The molecule has 0 radical (unpaired) electrons. The molecule has 6 heteroatoms. The van der Waals surface area contributed by atoms with Crippen molar-refractivity contribution in [1.82, 2.24) is 0 Å². The highest BCUT2D eigenvalue weighted by Crippen LogP contribution is 2.30. The average Bonchev–Trinajstić information content (AvgIpc) is 2.70. The Labute approximate surface area is 195 Å². The molecule has 0 amide bonds. The van der Waals surface area contributed by atoms with Gasteiger partial charge in [-0.15, -0.1) is 0 Å². The van der Waals surface area contributed by atoms with E-state index in [1.165, 1.54) is 39.0 Å². The monoisotopic (exact) mass is 459 g/mol. The Kier molecular flexibility index (Phi) is 8.33. The second kappa shape index (κ2) is 11.0. The van der Waals surface area contributed by atoms with E-state index in [0.29, 0.717) is 21.4 Å². The van der Waals surface area contributed by atoms with E-state index in [2.05, 4.69) is 5.32 Å². The Morgan fingerprint density at radius 1 is 1.10 bits per heavy atom. The van der Waals surface area contributed by atoms with Crippen molar-refractivity contribution < 1.29 is 14.3 Å². The van der Waals surface area contributed by atoms with Crippen molar-refractivity contribution in [3.63, 3.8) is 0 Å². The van der Waals surface area contributed by atoms with Crippen molar-refractivity contribution in [2.45, 2.75) is 59.3 Å². The Morgan fingerprint density at radius 2 is 1.77 bits per heavy atom. The first-order chi connectivity index (χ1) is 14.8. The van der Waals surface area contributed by atoms with Gasteiger partial charge in [-0.2, -0.15) is 0 Å². The molecule has 31 heavy (non-hydrogen) atoms. The molecule has 1 fully saturated rings. The number of carbonyl (C=O) groups excluding carboxylic acids is 1. The van der Waals surface area contributed by atoms with Gasteiger partial charge in [0.05, 0.1) is 17.3 Å². The summed E-state index contributed by atoms with van der Waals surface area (Å²) in [4.78, 5) is 11.8. The van der Waals surface area contributed by atoms with E-state index >= 15 is 0 Å². The molecule has 4 nitrogen and oxygen atoms in total. The van der Waals surface area contributed by atoms with E-state index in [4.69, 9.17) is 33.3 Å². The third-order valence-corrected chi connectivity index (χ3v) is 6.34. The summed E-state index contributed by atoms with van der Waals surface area (Å²) in [5, 5.41) is 3.69. The number of halogens is 1. The van der Waals surface area contributed by atoms with Crippen LogP contribution >= 0.6 is 23.8 Å². The largest absolute Gasteiger partial charge is 0.494 e. The fourth-order valence-electron chi connectivity index (χ4n) is 4.20. The van der Waals surface area contributed by atoms with Crippen LogP contribution in [0.2, 0.25) is 5.02 Å². The smallest absolute Gasteiger partial charge is 0.308 e. The Morgan fingerprint density at radius 3 is 2.42 bits per heavy atom. The van der Waals surface area contributed by atoms with Crippen LogP contribution in [0.1, 0.15) is 62.1 Å². The minimum atomic E-state index is -0.387. The fourth-order valence-corrected chi connectivity index (χ4v) is 4.80. The highest BCUT2D eigenvalue weighted by molar-refractivity contribution is 7.81. The number of ether oxygens (including phenoxy) is 2. The van der Waals surface area contributed by atoms with E-state index in [1.54, 1.807) is 18.2 Å². The van der Waals surface area contributed by atoms with Crippen LogP contribution in [0.15, 0.2) is 30.3 Å².